The Labute approximate surface area is 120 Å². The number of anilines is 1. The van der Waals surface area contributed by atoms with E-state index in [2.05, 4.69) is 62.5 Å². The fraction of sp³-hybridized carbons (Fsp3) is 0.294. The highest BCUT2D eigenvalue weighted by molar-refractivity contribution is 6.31. The third-order valence-corrected chi connectivity index (χ3v) is 3.61. The van der Waals surface area contributed by atoms with E-state index in [-0.39, 0.29) is 0 Å². The highest BCUT2D eigenvalue weighted by atomic mass is 35.5. The number of hydrogen-bond acceptors (Lipinski definition) is 1. The van der Waals surface area contributed by atoms with Gasteiger partial charge >= 0.3 is 0 Å². The first-order valence-corrected chi connectivity index (χ1v) is 7.03. The predicted octanol–water partition coefficient (Wildman–Crippen LogP) is 5.38. The lowest BCUT2D eigenvalue weighted by Crippen LogP contribution is -2.03. The van der Waals surface area contributed by atoms with Crippen LogP contribution in [0.4, 0.5) is 5.69 Å². The van der Waals surface area contributed by atoms with Gasteiger partial charge in [-0.05, 0) is 41.7 Å². The summed E-state index contributed by atoms with van der Waals surface area (Å²) in [5.74, 6) is 0.511. The van der Waals surface area contributed by atoms with Crippen molar-refractivity contribution >= 4 is 17.3 Å². The SMILES string of the molecule is Cc1ccc(CNc2ccccc2C(C)C)c(Cl)c1. The van der Waals surface area contributed by atoms with Gasteiger partial charge in [-0.2, -0.15) is 0 Å². The summed E-state index contributed by atoms with van der Waals surface area (Å²) in [6, 6.07) is 14.6. The lowest BCUT2D eigenvalue weighted by molar-refractivity contribution is 0.865. The Morgan fingerprint density at radius 3 is 2.53 bits per heavy atom. The van der Waals surface area contributed by atoms with Gasteiger partial charge in [0.05, 0.1) is 0 Å². The molecule has 0 aliphatic heterocycles. The van der Waals surface area contributed by atoms with Crippen molar-refractivity contribution < 1.29 is 0 Å². The van der Waals surface area contributed by atoms with E-state index < -0.39 is 0 Å². The molecule has 2 rings (SSSR count). The van der Waals surface area contributed by atoms with E-state index >= 15 is 0 Å². The highest BCUT2D eigenvalue weighted by Crippen LogP contribution is 2.25. The lowest BCUT2D eigenvalue weighted by Gasteiger charge is -2.15. The second-order valence-corrected chi connectivity index (χ2v) is 5.60. The first-order chi connectivity index (χ1) is 9.08. The largest absolute Gasteiger partial charge is 0.381 e. The summed E-state index contributed by atoms with van der Waals surface area (Å²) in [5, 5.41) is 4.31. The first-order valence-electron chi connectivity index (χ1n) is 6.65. The molecule has 0 radical (unpaired) electrons. The fourth-order valence-corrected chi connectivity index (χ4v) is 2.45. The van der Waals surface area contributed by atoms with Gasteiger partial charge in [-0.25, -0.2) is 0 Å². The minimum Gasteiger partial charge on any atom is -0.381 e. The van der Waals surface area contributed by atoms with E-state index in [1.807, 2.05) is 6.07 Å². The van der Waals surface area contributed by atoms with E-state index in [4.69, 9.17) is 11.6 Å². The van der Waals surface area contributed by atoms with Crippen LogP contribution in [-0.2, 0) is 6.54 Å². The number of aryl methyl sites for hydroxylation is 1. The zero-order valence-electron chi connectivity index (χ0n) is 11.7. The highest BCUT2D eigenvalue weighted by Gasteiger charge is 2.06. The van der Waals surface area contributed by atoms with Crippen molar-refractivity contribution in [3.8, 4) is 0 Å². The number of rotatable bonds is 4. The van der Waals surface area contributed by atoms with Gasteiger partial charge in [0, 0.05) is 17.3 Å². The Morgan fingerprint density at radius 1 is 1.11 bits per heavy atom. The molecule has 2 aromatic carbocycles. The molecule has 0 saturated heterocycles. The van der Waals surface area contributed by atoms with Crippen LogP contribution in [0.15, 0.2) is 42.5 Å². The monoisotopic (exact) mass is 273 g/mol. The van der Waals surface area contributed by atoms with Crippen molar-refractivity contribution in [3.05, 3.63) is 64.2 Å². The molecular formula is C17H20ClN. The third kappa shape index (κ3) is 3.51. The van der Waals surface area contributed by atoms with Crippen molar-refractivity contribution in [2.24, 2.45) is 0 Å². The van der Waals surface area contributed by atoms with Crippen LogP contribution in [0, 0.1) is 6.92 Å². The first kappa shape index (κ1) is 14.0. The van der Waals surface area contributed by atoms with Gasteiger partial charge in [0.2, 0.25) is 0 Å². The van der Waals surface area contributed by atoms with Crippen LogP contribution in [0.2, 0.25) is 5.02 Å². The lowest BCUT2D eigenvalue weighted by atomic mass is 10.0. The quantitative estimate of drug-likeness (QED) is 0.788. The topological polar surface area (TPSA) is 12.0 Å². The Bertz CT molecular complexity index is 561. The van der Waals surface area contributed by atoms with Crippen molar-refractivity contribution in [2.75, 3.05) is 5.32 Å². The maximum absolute atomic E-state index is 6.26. The molecular weight excluding hydrogens is 254 g/mol. The Kier molecular flexibility index (Phi) is 4.49. The predicted molar refractivity (Wildman–Crippen MR) is 84.0 cm³/mol. The second kappa shape index (κ2) is 6.12. The number of hydrogen-bond donors (Lipinski definition) is 1. The van der Waals surface area contributed by atoms with Crippen LogP contribution in [0.1, 0.15) is 36.5 Å². The molecule has 0 saturated carbocycles. The summed E-state index contributed by atoms with van der Waals surface area (Å²) in [4.78, 5) is 0. The molecule has 0 aliphatic rings. The number of nitrogens with one attached hydrogen (secondary N) is 1. The Hall–Kier alpha value is -1.47. The summed E-state index contributed by atoms with van der Waals surface area (Å²) in [6.45, 7) is 7.22. The summed E-state index contributed by atoms with van der Waals surface area (Å²) in [6.07, 6.45) is 0. The van der Waals surface area contributed by atoms with Gasteiger partial charge in [0.1, 0.15) is 0 Å². The maximum atomic E-state index is 6.26. The average molecular weight is 274 g/mol. The van der Waals surface area contributed by atoms with Gasteiger partial charge in [-0.15, -0.1) is 0 Å². The maximum Gasteiger partial charge on any atom is 0.0458 e. The van der Waals surface area contributed by atoms with Crippen LogP contribution in [-0.4, -0.2) is 0 Å². The molecule has 0 heterocycles. The molecule has 0 amide bonds. The standard InChI is InChI=1S/C17H20ClN/c1-12(2)15-6-4-5-7-17(15)19-11-14-9-8-13(3)10-16(14)18/h4-10,12,19H,11H2,1-3H3. The fourth-order valence-electron chi connectivity index (χ4n) is 2.15. The molecule has 0 spiro atoms. The van der Waals surface area contributed by atoms with E-state index in [9.17, 15) is 0 Å². The summed E-state index contributed by atoms with van der Waals surface area (Å²) < 4.78 is 0. The number of benzene rings is 2. The van der Waals surface area contributed by atoms with Crippen molar-refractivity contribution in [1.29, 1.82) is 0 Å². The van der Waals surface area contributed by atoms with E-state index in [1.54, 1.807) is 0 Å². The van der Waals surface area contributed by atoms with Crippen molar-refractivity contribution in [3.63, 3.8) is 0 Å². The van der Waals surface area contributed by atoms with Gasteiger partial charge in [-0.1, -0.05) is 55.8 Å². The zero-order chi connectivity index (χ0) is 13.8. The van der Waals surface area contributed by atoms with Gasteiger partial charge < -0.3 is 5.32 Å². The number of para-hydroxylation sites is 1. The molecule has 1 N–H and O–H groups in total. The molecule has 100 valence electrons. The van der Waals surface area contributed by atoms with E-state index in [1.165, 1.54) is 16.8 Å². The second-order valence-electron chi connectivity index (χ2n) is 5.19. The summed E-state index contributed by atoms with van der Waals surface area (Å²) in [7, 11) is 0. The van der Waals surface area contributed by atoms with Gasteiger partial charge in [-0.3, -0.25) is 0 Å². The van der Waals surface area contributed by atoms with Crippen LogP contribution < -0.4 is 5.32 Å². The molecule has 0 fully saturated rings. The zero-order valence-corrected chi connectivity index (χ0v) is 12.5. The van der Waals surface area contributed by atoms with E-state index in [0.717, 1.165) is 17.1 Å². The van der Waals surface area contributed by atoms with Crippen LogP contribution in [0.25, 0.3) is 0 Å². The van der Waals surface area contributed by atoms with Gasteiger partial charge in [0.15, 0.2) is 0 Å². The molecule has 0 unspecified atom stereocenters. The van der Waals surface area contributed by atoms with Crippen molar-refractivity contribution in [1.82, 2.24) is 0 Å². The summed E-state index contributed by atoms with van der Waals surface area (Å²) in [5.41, 5.74) is 4.85. The molecule has 1 nitrogen and oxygen atoms in total. The molecule has 19 heavy (non-hydrogen) atoms. The molecule has 2 aromatic rings. The number of halogens is 1. The molecule has 0 aromatic heterocycles. The molecule has 0 aliphatic carbocycles. The summed E-state index contributed by atoms with van der Waals surface area (Å²) >= 11 is 6.26. The van der Waals surface area contributed by atoms with Crippen LogP contribution in [0.5, 0.6) is 0 Å². The van der Waals surface area contributed by atoms with E-state index in [0.29, 0.717) is 5.92 Å². The van der Waals surface area contributed by atoms with Crippen LogP contribution in [0.3, 0.4) is 0 Å². The molecule has 0 bridgehead atoms. The van der Waals surface area contributed by atoms with Crippen LogP contribution >= 0.6 is 11.6 Å². The molecule has 0 atom stereocenters. The minimum atomic E-state index is 0.511. The van der Waals surface area contributed by atoms with Gasteiger partial charge in [0.25, 0.3) is 0 Å². The normalized spacial score (nSPS) is 10.8. The smallest absolute Gasteiger partial charge is 0.0458 e. The van der Waals surface area contributed by atoms with Crippen molar-refractivity contribution in [2.45, 2.75) is 33.2 Å². The minimum absolute atomic E-state index is 0.511. The third-order valence-electron chi connectivity index (χ3n) is 3.26. The Balaban J connectivity index is 2.14. The Morgan fingerprint density at radius 2 is 1.84 bits per heavy atom. The average Bonchev–Trinajstić information content (AvgIpc) is 2.38. The molecule has 2 heteroatoms.